The molecular formula is C10H16N2O. The van der Waals surface area contributed by atoms with Crippen LogP contribution in [-0.2, 0) is 4.79 Å². The normalized spacial score (nSPS) is 30.1. The molecule has 2 atom stereocenters. The Morgan fingerprint density at radius 1 is 1.69 bits per heavy atom. The van der Waals surface area contributed by atoms with Crippen LogP contribution >= 0.6 is 0 Å². The molecule has 13 heavy (non-hydrogen) atoms. The molecule has 0 bridgehead atoms. The minimum Gasteiger partial charge on any atom is -0.303 e. The van der Waals surface area contributed by atoms with Gasteiger partial charge in [-0.25, -0.2) is 0 Å². The molecular weight excluding hydrogens is 164 g/mol. The Morgan fingerprint density at radius 2 is 2.38 bits per heavy atom. The first-order valence-corrected chi connectivity index (χ1v) is 4.76. The smallest absolute Gasteiger partial charge is 0.138 e. The zero-order valence-corrected chi connectivity index (χ0v) is 8.29. The second-order valence-electron chi connectivity index (χ2n) is 3.74. The van der Waals surface area contributed by atoms with Crippen LogP contribution in [0.25, 0.3) is 0 Å². The molecule has 0 aromatic carbocycles. The summed E-state index contributed by atoms with van der Waals surface area (Å²) < 4.78 is 0. The molecule has 0 aromatic heterocycles. The lowest BCUT2D eigenvalue weighted by Crippen LogP contribution is -2.45. The lowest BCUT2D eigenvalue weighted by atomic mass is 9.86. The van der Waals surface area contributed by atoms with E-state index in [0.29, 0.717) is 24.7 Å². The summed E-state index contributed by atoms with van der Waals surface area (Å²) in [7, 11) is 2.04. The molecule has 1 saturated heterocycles. The molecule has 72 valence electrons. The SMILES string of the molecule is CC1C(CCC#N)C(=O)CCN1C. The highest BCUT2D eigenvalue weighted by atomic mass is 16.1. The molecule has 0 radical (unpaired) electrons. The van der Waals surface area contributed by atoms with E-state index in [2.05, 4.69) is 17.9 Å². The molecule has 1 rings (SSSR count). The highest BCUT2D eigenvalue weighted by Crippen LogP contribution is 2.22. The molecule has 0 N–H and O–H groups in total. The van der Waals surface area contributed by atoms with Crippen molar-refractivity contribution in [3.05, 3.63) is 0 Å². The van der Waals surface area contributed by atoms with Crippen LogP contribution in [0.2, 0.25) is 0 Å². The molecule has 3 nitrogen and oxygen atoms in total. The third-order valence-electron chi connectivity index (χ3n) is 2.97. The van der Waals surface area contributed by atoms with Crippen LogP contribution in [0.15, 0.2) is 0 Å². The zero-order valence-electron chi connectivity index (χ0n) is 8.29. The molecule has 2 unspecified atom stereocenters. The third kappa shape index (κ3) is 2.28. The van der Waals surface area contributed by atoms with Gasteiger partial charge in [-0.3, -0.25) is 4.79 Å². The highest BCUT2D eigenvalue weighted by Gasteiger charge is 2.31. The van der Waals surface area contributed by atoms with Crippen LogP contribution in [0.3, 0.4) is 0 Å². The number of ketones is 1. The summed E-state index contributed by atoms with van der Waals surface area (Å²) in [5.74, 6) is 0.416. The van der Waals surface area contributed by atoms with E-state index in [1.165, 1.54) is 0 Å². The van der Waals surface area contributed by atoms with Crippen molar-refractivity contribution in [3.8, 4) is 6.07 Å². The number of nitrogens with zero attached hydrogens (tertiary/aromatic N) is 2. The van der Waals surface area contributed by atoms with E-state index >= 15 is 0 Å². The number of likely N-dealkylation sites (tertiary alicyclic amines) is 1. The van der Waals surface area contributed by atoms with E-state index in [0.717, 1.165) is 13.0 Å². The van der Waals surface area contributed by atoms with Crippen LogP contribution in [0.4, 0.5) is 0 Å². The van der Waals surface area contributed by atoms with Crippen molar-refractivity contribution in [3.63, 3.8) is 0 Å². The van der Waals surface area contributed by atoms with Crippen molar-refractivity contribution < 1.29 is 4.79 Å². The maximum Gasteiger partial charge on any atom is 0.138 e. The predicted molar refractivity (Wildman–Crippen MR) is 50.1 cm³/mol. The zero-order chi connectivity index (χ0) is 9.84. The van der Waals surface area contributed by atoms with Gasteiger partial charge in [0.05, 0.1) is 6.07 Å². The Bertz CT molecular complexity index is 232. The summed E-state index contributed by atoms with van der Waals surface area (Å²) in [6, 6.07) is 2.40. The average Bonchev–Trinajstić information content (AvgIpc) is 2.12. The molecule has 0 aliphatic carbocycles. The summed E-state index contributed by atoms with van der Waals surface area (Å²) >= 11 is 0. The van der Waals surface area contributed by atoms with Crippen LogP contribution in [0, 0.1) is 17.2 Å². The minimum atomic E-state index is 0.0819. The minimum absolute atomic E-state index is 0.0819. The van der Waals surface area contributed by atoms with Crippen LogP contribution in [0.1, 0.15) is 26.2 Å². The predicted octanol–water partition coefficient (Wildman–Crippen LogP) is 1.20. The van der Waals surface area contributed by atoms with Gasteiger partial charge < -0.3 is 4.90 Å². The Balaban J connectivity index is 2.56. The second kappa shape index (κ2) is 4.38. The number of Topliss-reactive ketones (excluding diaryl/α,β-unsaturated/α-hetero) is 1. The summed E-state index contributed by atoms with van der Waals surface area (Å²) in [6.45, 7) is 2.93. The second-order valence-corrected chi connectivity index (χ2v) is 3.74. The van der Waals surface area contributed by atoms with Crippen molar-refractivity contribution in [2.45, 2.75) is 32.2 Å². The first kappa shape index (κ1) is 10.2. The molecule has 1 heterocycles. The summed E-state index contributed by atoms with van der Waals surface area (Å²) in [6.07, 6.45) is 1.87. The van der Waals surface area contributed by atoms with E-state index in [1.54, 1.807) is 0 Å². The van der Waals surface area contributed by atoms with Gasteiger partial charge in [0, 0.05) is 31.3 Å². The highest BCUT2D eigenvalue weighted by molar-refractivity contribution is 5.82. The van der Waals surface area contributed by atoms with Crippen molar-refractivity contribution in [1.82, 2.24) is 4.90 Å². The van der Waals surface area contributed by atoms with E-state index in [9.17, 15) is 4.79 Å². The molecule has 1 fully saturated rings. The molecule has 0 aromatic rings. The number of nitriles is 1. The molecule has 0 amide bonds. The van der Waals surface area contributed by atoms with Crippen molar-refractivity contribution in [2.75, 3.05) is 13.6 Å². The fourth-order valence-electron chi connectivity index (χ4n) is 1.87. The van der Waals surface area contributed by atoms with Gasteiger partial charge in [-0.2, -0.15) is 5.26 Å². The van der Waals surface area contributed by atoms with Gasteiger partial charge in [0.25, 0.3) is 0 Å². The number of piperidine rings is 1. The number of rotatable bonds is 2. The van der Waals surface area contributed by atoms with E-state index < -0.39 is 0 Å². The molecule has 1 aliphatic heterocycles. The van der Waals surface area contributed by atoms with Gasteiger partial charge >= 0.3 is 0 Å². The lowest BCUT2D eigenvalue weighted by Gasteiger charge is -2.35. The van der Waals surface area contributed by atoms with Crippen molar-refractivity contribution >= 4 is 5.78 Å². The number of hydrogen-bond donors (Lipinski definition) is 0. The fourth-order valence-corrected chi connectivity index (χ4v) is 1.87. The fraction of sp³-hybridized carbons (Fsp3) is 0.800. The van der Waals surface area contributed by atoms with Crippen LogP contribution < -0.4 is 0 Å². The van der Waals surface area contributed by atoms with Gasteiger partial charge in [-0.05, 0) is 20.4 Å². The standard InChI is InChI=1S/C10H16N2O/c1-8-9(4-3-6-11)10(13)5-7-12(8)2/h8-9H,3-5,7H2,1-2H3. The lowest BCUT2D eigenvalue weighted by molar-refractivity contribution is -0.128. The van der Waals surface area contributed by atoms with Crippen molar-refractivity contribution in [1.29, 1.82) is 5.26 Å². The Kier molecular flexibility index (Phi) is 3.44. The van der Waals surface area contributed by atoms with Gasteiger partial charge in [-0.15, -0.1) is 0 Å². The largest absolute Gasteiger partial charge is 0.303 e. The maximum absolute atomic E-state index is 11.5. The Labute approximate surface area is 79.3 Å². The Hall–Kier alpha value is -0.880. The van der Waals surface area contributed by atoms with Gasteiger partial charge in [0.15, 0.2) is 0 Å². The van der Waals surface area contributed by atoms with Crippen LogP contribution in [-0.4, -0.2) is 30.3 Å². The monoisotopic (exact) mass is 180 g/mol. The molecule has 1 aliphatic rings. The van der Waals surface area contributed by atoms with E-state index in [-0.39, 0.29) is 5.92 Å². The van der Waals surface area contributed by atoms with Crippen molar-refractivity contribution in [2.24, 2.45) is 5.92 Å². The number of carbonyl (C=O) groups is 1. The first-order valence-electron chi connectivity index (χ1n) is 4.76. The molecule has 0 saturated carbocycles. The molecule has 3 heteroatoms. The van der Waals surface area contributed by atoms with E-state index in [4.69, 9.17) is 5.26 Å². The summed E-state index contributed by atoms with van der Waals surface area (Å²) in [5, 5.41) is 8.46. The quantitative estimate of drug-likeness (QED) is 0.641. The summed E-state index contributed by atoms with van der Waals surface area (Å²) in [4.78, 5) is 13.7. The van der Waals surface area contributed by atoms with Crippen LogP contribution in [0.5, 0.6) is 0 Å². The maximum atomic E-state index is 11.5. The number of hydrogen-bond acceptors (Lipinski definition) is 3. The summed E-state index contributed by atoms with van der Waals surface area (Å²) in [5.41, 5.74) is 0. The van der Waals surface area contributed by atoms with E-state index in [1.807, 2.05) is 7.05 Å². The third-order valence-corrected chi connectivity index (χ3v) is 2.97. The molecule has 0 spiro atoms. The topological polar surface area (TPSA) is 44.1 Å². The average molecular weight is 180 g/mol. The number of carbonyl (C=O) groups excluding carboxylic acids is 1. The first-order chi connectivity index (χ1) is 6.16. The Morgan fingerprint density at radius 3 is 3.00 bits per heavy atom. The van der Waals surface area contributed by atoms with Gasteiger partial charge in [0.1, 0.15) is 5.78 Å². The van der Waals surface area contributed by atoms with Gasteiger partial charge in [0.2, 0.25) is 0 Å². The van der Waals surface area contributed by atoms with Gasteiger partial charge in [-0.1, -0.05) is 0 Å².